The second kappa shape index (κ2) is 7.60. The molecule has 1 aliphatic heterocycles. The average Bonchev–Trinajstić information content (AvgIpc) is 2.82. The van der Waals surface area contributed by atoms with Crippen molar-refractivity contribution in [2.45, 2.75) is 31.0 Å². The van der Waals surface area contributed by atoms with Gasteiger partial charge in [-0.05, 0) is 24.9 Å². The molecule has 0 aliphatic carbocycles. The second-order valence-corrected chi connectivity index (χ2v) is 5.22. The van der Waals surface area contributed by atoms with Crippen molar-refractivity contribution in [3.8, 4) is 0 Å². The lowest BCUT2D eigenvalue weighted by Crippen LogP contribution is -2.48. The maximum Gasteiger partial charge on any atom is 0.326 e. The van der Waals surface area contributed by atoms with Gasteiger partial charge in [-0.15, -0.1) is 0 Å². The minimum atomic E-state index is -0.987. The van der Waals surface area contributed by atoms with Gasteiger partial charge >= 0.3 is 5.97 Å². The molecule has 1 rings (SSSR count). The van der Waals surface area contributed by atoms with Gasteiger partial charge in [0.15, 0.2) is 0 Å². The van der Waals surface area contributed by atoms with Gasteiger partial charge in [-0.3, -0.25) is 4.79 Å². The van der Waals surface area contributed by atoms with Crippen molar-refractivity contribution in [1.82, 2.24) is 10.6 Å². The Hall–Kier alpha value is -0.790. The number of carboxylic acids is 1. The van der Waals surface area contributed by atoms with Gasteiger partial charge < -0.3 is 20.5 Å². The van der Waals surface area contributed by atoms with Crippen LogP contribution in [-0.2, 0) is 14.3 Å². The van der Waals surface area contributed by atoms with E-state index in [0.29, 0.717) is 25.1 Å². The summed E-state index contributed by atoms with van der Waals surface area (Å²) in [5, 5.41) is 14.6. The van der Waals surface area contributed by atoms with Crippen LogP contribution in [0.5, 0.6) is 0 Å². The SMILES string of the molecule is COC1CNC(C(=O)N[C@H](CCSC)C(=O)O)C1. The second-order valence-electron chi connectivity index (χ2n) is 4.24. The quantitative estimate of drug-likeness (QED) is 0.591. The van der Waals surface area contributed by atoms with E-state index in [4.69, 9.17) is 9.84 Å². The van der Waals surface area contributed by atoms with Gasteiger partial charge in [0, 0.05) is 13.7 Å². The summed E-state index contributed by atoms with van der Waals surface area (Å²) < 4.78 is 5.15. The zero-order valence-corrected chi connectivity index (χ0v) is 11.5. The lowest BCUT2D eigenvalue weighted by atomic mass is 10.1. The van der Waals surface area contributed by atoms with Crippen molar-refractivity contribution in [3.63, 3.8) is 0 Å². The number of carbonyl (C=O) groups excluding carboxylic acids is 1. The number of hydrogen-bond donors (Lipinski definition) is 3. The summed E-state index contributed by atoms with van der Waals surface area (Å²) in [6.07, 6.45) is 2.94. The lowest BCUT2D eigenvalue weighted by Gasteiger charge is -2.17. The van der Waals surface area contributed by atoms with Crippen LogP contribution in [0.25, 0.3) is 0 Å². The van der Waals surface area contributed by atoms with E-state index in [1.807, 2.05) is 6.26 Å². The minimum Gasteiger partial charge on any atom is -0.480 e. The number of rotatable bonds is 7. The average molecular weight is 276 g/mol. The van der Waals surface area contributed by atoms with Gasteiger partial charge in [-0.2, -0.15) is 11.8 Å². The molecule has 104 valence electrons. The molecule has 0 bridgehead atoms. The first-order valence-electron chi connectivity index (χ1n) is 5.86. The Morgan fingerprint density at radius 3 is 2.83 bits per heavy atom. The van der Waals surface area contributed by atoms with E-state index in [-0.39, 0.29) is 18.1 Å². The van der Waals surface area contributed by atoms with E-state index in [1.165, 1.54) is 0 Å². The molecule has 1 aliphatic rings. The van der Waals surface area contributed by atoms with E-state index in [1.54, 1.807) is 18.9 Å². The molecule has 6 nitrogen and oxygen atoms in total. The summed E-state index contributed by atoms with van der Waals surface area (Å²) in [4.78, 5) is 22.9. The van der Waals surface area contributed by atoms with E-state index in [0.717, 1.165) is 0 Å². The van der Waals surface area contributed by atoms with Gasteiger partial charge in [-0.25, -0.2) is 4.79 Å². The lowest BCUT2D eigenvalue weighted by molar-refractivity contribution is -0.142. The highest BCUT2D eigenvalue weighted by Crippen LogP contribution is 2.10. The fourth-order valence-electron chi connectivity index (χ4n) is 1.85. The first-order valence-corrected chi connectivity index (χ1v) is 7.26. The molecule has 1 saturated heterocycles. The molecular formula is C11H20N2O4S. The van der Waals surface area contributed by atoms with Crippen LogP contribution in [0.2, 0.25) is 0 Å². The van der Waals surface area contributed by atoms with E-state index >= 15 is 0 Å². The van der Waals surface area contributed by atoms with Crippen LogP contribution >= 0.6 is 11.8 Å². The predicted molar refractivity (Wildman–Crippen MR) is 69.8 cm³/mol. The van der Waals surface area contributed by atoms with Crippen molar-refractivity contribution >= 4 is 23.6 Å². The maximum atomic E-state index is 11.9. The highest BCUT2D eigenvalue weighted by molar-refractivity contribution is 7.98. The molecule has 3 atom stereocenters. The van der Waals surface area contributed by atoms with Gasteiger partial charge in [0.2, 0.25) is 5.91 Å². The molecule has 0 spiro atoms. The summed E-state index contributed by atoms with van der Waals surface area (Å²) in [5.74, 6) is -0.544. The third kappa shape index (κ3) is 4.47. The van der Waals surface area contributed by atoms with Crippen LogP contribution in [0.4, 0.5) is 0 Å². The Balaban J connectivity index is 2.43. The van der Waals surface area contributed by atoms with Crippen molar-refractivity contribution in [1.29, 1.82) is 0 Å². The molecule has 0 aromatic carbocycles. The van der Waals surface area contributed by atoms with Gasteiger partial charge in [0.05, 0.1) is 12.1 Å². The Morgan fingerprint density at radius 1 is 1.61 bits per heavy atom. The molecule has 0 aromatic rings. The Labute approximate surface area is 111 Å². The molecule has 18 heavy (non-hydrogen) atoms. The predicted octanol–water partition coefficient (Wildman–Crippen LogP) is -0.314. The monoisotopic (exact) mass is 276 g/mol. The Bertz CT molecular complexity index is 301. The molecule has 1 heterocycles. The van der Waals surface area contributed by atoms with Crippen LogP contribution in [0.15, 0.2) is 0 Å². The number of carbonyl (C=O) groups is 2. The molecule has 3 N–H and O–H groups in total. The smallest absolute Gasteiger partial charge is 0.326 e. The third-order valence-corrected chi connectivity index (χ3v) is 3.61. The van der Waals surface area contributed by atoms with Gasteiger partial charge in [0.1, 0.15) is 6.04 Å². The highest BCUT2D eigenvalue weighted by Gasteiger charge is 2.31. The van der Waals surface area contributed by atoms with Gasteiger partial charge in [-0.1, -0.05) is 0 Å². The minimum absolute atomic E-state index is 0.0234. The zero-order valence-electron chi connectivity index (χ0n) is 10.6. The number of aliphatic carboxylic acids is 1. The van der Waals surface area contributed by atoms with E-state index in [2.05, 4.69) is 10.6 Å². The molecule has 1 amide bonds. The molecule has 0 radical (unpaired) electrons. The summed E-state index contributed by atoms with van der Waals surface area (Å²) in [7, 11) is 1.60. The summed E-state index contributed by atoms with van der Waals surface area (Å²) in [6.45, 7) is 0.622. The number of carboxylic acid groups (broad SMARTS) is 1. The van der Waals surface area contributed by atoms with Crippen LogP contribution in [0.3, 0.4) is 0 Å². The molecule has 0 aromatic heterocycles. The fourth-order valence-corrected chi connectivity index (χ4v) is 2.32. The number of thioether (sulfide) groups is 1. The van der Waals surface area contributed by atoms with Crippen LogP contribution < -0.4 is 10.6 Å². The first-order chi connectivity index (χ1) is 8.58. The largest absolute Gasteiger partial charge is 0.480 e. The van der Waals surface area contributed by atoms with Crippen LogP contribution in [0.1, 0.15) is 12.8 Å². The summed E-state index contributed by atoms with van der Waals surface area (Å²) in [5.41, 5.74) is 0. The number of ether oxygens (including phenoxy) is 1. The van der Waals surface area contributed by atoms with E-state index < -0.39 is 12.0 Å². The van der Waals surface area contributed by atoms with E-state index in [9.17, 15) is 9.59 Å². The maximum absolute atomic E-state index is 11.9. The van der Waals surface area contributed by atoms with Crippen LogP contribution in [0, 0.1) is 0 Å². The van der Waals surface area contributed by atoms with Crippen molar-refractivity contribution in [3.05, 3.63) is 0 Å². The highest BCUT2D eigenvalue weighted by atomic mass is 32.2. The summed E-state index contributed by atoms with van der Waals surface area (Å²) >= 11 is 1.56. The Morgan fingerprint density at radius 2 is 2.33 bits per heavy atom. The van der Waals surface area contributed by atoms with Crippen molar-refractivity contribution in [2.75, 3.05) is 25.7 Å². The first kappa shape index (κ1) is 15.3. The molecular weight excluding hydrogens is 256 g/mol. The third-order valence-electron chi connectivity index (χ3n) is 2.97. The zero-order chi connectivity index (χ0) is 13.5. The molecule has 0 saturated carbocycles. The fraction of sp³-hybridized carbons (Fsp3) is 0.818. The number of nitrogens with one attached hydrogen (secondary N) is 2. The summed E-state index contributed by atoms with van der Waals surface area (Å²) in [6, 6.07) is -1.17. The molecule has 2 unspecified atom stereocenters. The Kier molecular flexibility index (Phi) is 6.45. The number of methoxy groups -OCH3 is 1. The topological polar surface area (TPSA) is 87.7 Å². The molecule has 1 fully saturated rings. The number of amides is 1. The normalized spacial score (nSPS) is 24.8. The van der Waals surface area contributed by atoms with Crippen LogP contribution in [-0.4, -0.2) is 60.8 Å². The van der Waals surface area contributed by atoms with Gasteiger partial charge in [0.25, 0.3) is 0 Å². The van der Waals surface area contributed by atoms with Crippen molar-refractivity contribution in [2.24, 2.45) is 0 Å². The molecule has 7 heteroatoms. The van der Waals surface area contributed by atoms with Crippen molar-refractivity contribution < 1.29 is 19.4 Å². The number of hydrogen-bond acceptors (Lipinski definition) is 5. The standard InChI is InChI=1S/C11H20N2O4S/c1-17-7-5-9(12-6-7)10(14)13-8(11(15)16)3-4-18-2/h7-9,12H,3-6H2,1-2H3,(H,13,14)(H,15,16)/t7?,8-,9?/m1/s1.